The molecule has 0 bridgehead atoms. The minimum atomic E-state index is -1.77. The van der Waals surface area contributed by atoms with Gasteiger partial charge in [0.25, 0.3) is 0 Å². The molecule has 4 aliphatic carbocycles. The van der Waals surface area contributed by atoms with E-state index in [1.165, 1.54) is 29.9 Å². The Kier molecular flexibility index (Phi) is 12.6. The zero-order chi connectivity index (χ0) is 43.0. The Balaban J connectivity index is 0.884. The molecule has 0 aromatic heterocycles. The number of allylic oxidation sites excluding steroid dienone is 5. The van der Waals surface area contributed by atoms with Crippen LogP contribution < -0.4 is 0 Å². The van der Waals surface area contributed by atoms with Gasteiger partial charge in [-0.2, -0.15) is 0 Å². The Labute approximate surface area is 347 Å². The van der Waals surface area contributed by atoms with E-state index < -0.39 is 118 Å². The lowest BCUT2D eigenvalue weighted by Gasteiger charge is -2.54. The molecule has 8 aliphatic rings. The van der Waals surface area contributed by atoms with Crippen molar-refractivity contribution in [3.05, 3.63) is 46.1 Å². The van der Waals surface area contributed by atoms with Crippen LogP contribution in [0.2, 0.25) is 0 Å². The molecule has 9 N–H and O–H groups in total. The second-order valence-electron chi connectivity index (χ2n) is 18.1. The van der Waals surface area contributed by atoms with Crippen LogP contribution in [-0.2, 0) is 42.7 Å². The van der Waals surface area contributed by atoms with Crippen LogP contribution >= 0.6 is 0 Å². The molecule has 1 saturated carbocycles. The first-order valence-corrected chi connectivity index (χ1v) is 21.1. The molecule has 1 unspecified atom stereocenters. The summed E-state index contributed by atoms with van der Waals surface area (Å²) >= 11 is 0. The summed E-state index contributed by atoms with van der Waals surface area (Å²) in [5.41, 5.74) is 5.22. The van der Waals surface area contributed by atoms with Gasteiger partial charge in [-0.3, -0.25) is 0 Å². The number of esters is 1. The summed E-state index contributed by atoms with van der Waals surface area (Å²) < 4.78 is 46.3. The highest BCUT2D eigenvalue weighted by Gasteiger charge is 2.55. The standard InChI is InChI=1S/C42H60O18/c1-17-35(60-39-33(50)31(48)29(46)26(58-39)16-54-38-32(49)30(47)28(45)25(15-43)57-38)36(53-4)34(51)40(55-17)56-19-9-11-41(2)18(13-19)5-6-20-22-7-8-23(21-14-27(44)59-37(21)52)42(22,3)12-10-24(20)41/h7-8,14,17-19,25-26,28-40,43,45-52H,5-6,9-13,15-16H2,1-4H3/t17-,18-,19+,25-,26-,28-,29-,30+,31+,32-,33-,34-,35+,36-,37?,38-,39+,40+,41+,42+/m1/s1. The van der Waals surface area contributed by atoms with Crippen LogP contribution in [0.3, 0.4) is 0 Å². The number of carbonyl (C=O) groups excluding carboxylic acids is 1. The van der Waals surface area contributed by atoms with Crippen LogP contribution in [0.25, 0.3) is 0 Å². The second-order valence-corrected chi connectivity index (χ2v) is 18.1. The lowest BCUT2D eigenvalue weighted by Crippen LogP contribution is -2.64. The van der Waals surface area contributed by atoms with Crippen LogP contribution in [0.5, 0.6) is 0 Å². The van der Waals surface area contributed by atoms with Gasteiger partial charge in [0.1, 0.15) is 67.1 Å². The van der Waals surface area contributed by atoms with Gasteiger partial charge in [-0.05, 0) is 79.9 Å². The van der Waals surface area contributed by atoms with Crippen molar-refractivity contribution < 1.29 is 88.6 Å². The Hall–Kier alpha value is -2.21. The highest BCUT2D eigenvalue weighted by atomic mass is 16.8. The maximum atomic E-state index is 11.9. The fourth-order valence-electron chi connectivity index (χ4n) is 11.1. The highest BCUT2D eigenvalue weighted by Crippen LogP contribution is 2.63. The lowest BCUT2D eigenvalue weighted by molar-refractivity contribution is -0.367. The van der Waals surface area contributed by atoms with Gasteiger partial charge in [-0.1, -0.05) is 31.6 Å². The van der Waals surface area contributed by atoms with Crippen molar-refractivity contribution in [2.75, 3.05) is 20.3 Å². The molecule has 4 fully saturated rings. The average Bonchev–Trinajstić information content (AvgIpc) is 3.75. The van der Waals surface area contributed by atoms with E-state index in [9.17, 15) is 50.8 Å². The predicted molar refractivity (Wildman–Crippen MR) is 203 cm³/mol. The van der Waals surface area contributed by atoms with E-state index in [1.54, 1.807) is 6.92 Å². The van der Waals surface area contributed by atoms with Gasteiger partial charge in [0, 0.05) is 24.2 Å². The van der Waals surface area contributed by atoms with E-state index in [2.05, 4.69) is 19.9 Å². The largest absolute Gasteiger partial charge is 0.428 e. The highest BCUT2D eigenvalue weighted by molar-refractivity contribution is 5.87. The summed E-state index contributed by atoms with van der Waals surface area (Å²) in [6, 6.07) is 0. The Morgan fingerprint density at radius 3 is 2.10 bits per heavy atom. The van der Waals surface area contributed by atoms with Crippen LogP contribution in [-0.4, -0.2) is 177 Å². The molecule has 0 aromatic rings. The van der Waals surface area contributed by atoms with Crippen LogP contribution in [0.4, 0.5) is 0 Å². The first kappa shape index (κ1) is 44.4. The van der Waals surface area contributed by atoms with Crippen molar-refractivity contribution in [3.8, 4) is 0 Å². The van der Waals surface area contributed by atoms with Gasteiger partial charge in [0.2, 0.25) is 6.29 Å². The first-order chi connectivity index (χ1) is 28.5. The third kappa shape index (κ3) is 7.57. The van der Waals surface area contributed by atoms with Crippen molar-refractivity contribution in [1.82, 2.24) is 0 Å². The first-order valence-electron chi connectivity index (χ1n) is 21.1. The molecule has 336 valence electrons. The predicted octanol–water partition coefficient (Wildman–Crippen LogP) is -1.13. The molecule has 0 spiro atoms. The zero-order valence-corrected chi connectivity index (χ0v) is 34.2. The number of hydrogen-bond donors (Lipinski definition) is 9. The quantitative estimate of drug-likeness (QED) is 0.118. The molecule has 0 aromatic carbocycles. The Morgan fingerprint density at radius 2 is 1.42 bits per heavy atom. The Bertz CT molecular complexity index is 1750. The summed E-state index contributed by atoms with van der Waals surface area (Å²) in [5, 5.41) is 94.4. The molecule has 3 saturated heterocycles. The van der Waals surface area contributed by atoms with Gasteiger partial charge in [-0.15, -0.1) is 0 Å². The zero-order valence-electron chi connectivity index (χ0n) is 34.2. The number of methoxy groups -OCH3 is 1. The molecule has 0 amide bonds. The maximum absolute atomic E-state index is 11.9. The van der Waals surface area contributed by atoms with Crippen molar-refractivity contribution in [3.63, 3.8) is 0 Å². The molecular weight excluding hydrogens is 792 g/mol. The number of rotatable bonds is 10. The van der Waals surface area contributed by atoms with E-state index >= 15 is 0 Å². The van der Waals surface area contributed by atoms with Crippen molar-refractivity contribution >= 4 is 5.97 Å². The number of hydrogen-bond acceptors (Lipinski definition) is 18. The minimum Gasteiger partial charge on any atom is -0.428 e. The van der Waals surface area contributed by atoms with Crippen LogP contribution in [0.1, 0.15) is 65.7 Å². The van der Waals surface area contributed by atoms with Gasteiger partial charge < -0.3 is 83.9 Å². The fraction of sp³-hybridized carbons (Fsp3) is 0.786. The van der Waals surface area contributed by atoms with E-state index in [-0.39, 0.29) is 16.9 Å². The van der Waals surface area contributed by atoms with Crippen LogP contribution in [0, 0.1) is 16.7 Å². The molecule has 18 nitrogen and oxygen atoms in total. The van der Waals surface area contributed by atoms with Gasteiger partial charge in [0.15, 0.2) is 18.9 Å². The summed E-state index contributed by atoms with van der Waals surface area (Å²) in [6.07, 6.45) is -11.1. The van der Waals surface area contributed by atoms with Gasteiger partial charge in [-0.25, -0.2) is 4.79 Å². The van der Waals surface area contributed by atoms with Crippen molar-refractivity contribution in [1.29, 1.82) is 0 Å². The normalized spacial score (nSPS) is 49.4. The topological polar surface area (TPSA) is 273 Å². The molecule has 60 heavy (non-hydrogen) atoms. The third-order valence-electron chi connectivity index (χ3n) is 14.7. The molecule has 18 heteroatoms. The number of aliphatic hydroxyl groups excluding tert-OH is 9. The lowest BCUT2D eigenvalue weighted by atomic mass is 9.52. The number of fused-ring (bicyclic) bond motifs is 4. The summed E-state index contributed by atoms with van der Waals surface area (Å²) in [7, 11) is 1.39. The molecule has 4 aliphatic heterocycles. The average molecular weight is 853 g/mol. The minimum absolute atomic E-state index is 0.0480. The molecule has 0 radical (unpaired) electrons. The molecule has 8 rings (SSSR count). The SMILES string of the molecule is CO[C@@H]1[C@@H](O)[C@H](O[C@H]2CC[C@]3(C)C4=C(CC[C@@H]3C2)C2=CC=C(C3=CC(=O)OC3O)[C@@]2(C)CC4)O[C@H](C)[C@@H]1O[C@@H]1O[C@H](CO[C@@H]2O[C@H](CO)[C@@H](O)[C@H](O)[C@H]2O)[C@@H](O)[C@H](O)[C@H]1O. The summed E-state index contributed by atoms with van der Waals surface area (Å²) in [6.45, 7) is 5.02. The Morgan fingerprint density at radius 1 is 0.750 bits per heavy atom. The van der Waals surface area contributed by atoms with Crippen molar-refractivity contribution in [2.45, 2.75) is 170 Å². The smallest absolute Gasteiger partial charge is 0.333 e. The van der Waals surface area contributed by atoms with E-state index in [1.807, 2.05) is 6.08 Å². The summed E-state index contributed by atoms with van der Waals surface area (Å²) in [5.74, 6) is -0.201. The number of carbonyl (C=O) groups is 1. The van der Waals surface area contributed by atoms with Crippen molar-refractivity contribution in [2.24, 2.45) is 16.7 Å². The fourth-order valence-corrected chi connectivity index (χ4v) is 11.1. The third-order valence-corrected chi connectivity index (χ3v) is 14.7. The van der Waals surface area contributed by atoms with Crippen LogP contribution in [0.15, 0.2) is 46.1 Å². The van der Waals surface area contributed by atoms with Gasteiger partial charge in [0.05, 0.1) is 25.4 Å². The maximum Gasteiger partial charge on any atom is 0.333 e. The molecular formula is C42H60O18. The summed E-state index contributed by atoms with van der Waals surface area (Å²) in [4.78, 5) is 11.9. The number of cyclic esters (lactones) is 1. The monoisotopic (exact) mass is 852 g/mol. The molecule has 20 atom stereocenters. The number of aliphatic hydroxyl groups is 9. The van der Waals surface area contributed by atoms with E-state index in [0.717, 1.165) is 50.5 Å². The van der Waals surface area contributed by atoms with Gasteiger partial charge >= 0.3 is 5.97 Å². The molecule has 4 heterocycles. The van der Waals surface area contributed by atoms with E-state index in [0.29, 0.717) is 11.5 Å². The second kappa shape index (κ2) is 17.1. The van der Waals surface area contributed by atoms with E-state index in [4.69, 9.17) is 37.9 Å². The number of ether oxygens (including phenoxy) is 8.